The van der Waals surface area contributed by atoms with E-state index in [-0.39, 0.29) is 6.04 Å². The Kier molecular flexibility index (Phi) is 4.22. The smallest absolute Gasteiger partial charge is 0.0599 e. The molecule has 2 aromatic heterocycles. The summed E-state index contributed by atoms with van der Waals surface area (Å²) in [5.41, 5.74) is 2.43. The monoisotopic (exact) mass is 277 g/mol. The highest BCUT2D eigenvalue weighted by Gasteiger charge is 2.16. The van der Waals surface area contributed by atoms with Crippen LogP contribution in [-0.2, 0) is 0 Å². The maximum Gasteiger partial charge on any atom is 0.0599 e. The Morgan fingerprint density at radius 3 is 2.62 bits per heavy atom. The summed E-state index contributed by atoms with van der Waals surface area (Å²) in [7, 11) is 0. The van der Waals surface area contributed by atoms with E-state index in [9.17, 15) is 0 Å². The summed E-state index contributed by atoms with van der Waals surface area (Å²) in [4.78, 5) is 8.53. The van der Waals surface area contributed by atoms with Crippen molar-refractivity contribution in [2.24, 2.45) is 0 Å². The van der Waals surface area contributed by atoms with E-state index < -0.39 is 0 Å². The average Bonchev–Trinajstić information content (AvgIpc) is 2.56. The first-order valence-electron chi connectivity index (χ1n) is 7.36. The van der Waals surface area contributed by atoms with Crippen LogP contribution in [0.1, 0.15) is 30.5 Å². The zero-order chi connectivity index (χ0) is 14.5. The van der Waals surface area contributed by atoms with Crippen LogP contribution in [0.4, 0.5) is 0 Å². The summed E-state index contributed by atoms with van der Waals surface area (Å²) in [5, 5.41) is 6.05. The Bertz CT molecular complexity index is 704. The number of pyridine rings is 2. The van der Waals surface area contributed by atoms with Crippen molar-refractivity contribution in [1.29, 1.82) is 0 Å². The number of hydrogen-bond acceptors (Lipinski definition) is 3. The van der Waals surface area contributed by atoms with Crippen molar-refractivity contribution in [3.8, 4) is 0 Å². The molecule has 0 aliphatic carbocycles. The molecule has 0 aliphatic heterocycles. The Hall–Kier alpha value is -2.26. The quantitative estimate of drug-likeness (QED) is 0.772. The van der Waals surface area contributed by atoms with Gasteiger partial charge in [-0.05, 0) is 41.6 Å². The van der Waals surface area contributed by atoms with Gasteiger partial charge in [0.2, 0.25) is 0 Å². The normalized spacial score (nSPS) is 12.4. The molecule has 0 saturated carbocycles. The molecular weight excluding hydrogens is 258 g/mol. The zero-order valence-electron chi connectivity index (χ0n) is 12.2. The van der Waals surface area contributed by atoms with E-state index in [1.54, 1.807) is 0 Å². The Morgan fingerprint density at radius 1 is 1.00 bits per heavy atom. The topological polar surface area (TPSA) is 37.8 Å². The zero-order valence-corrected chi connectivity index (χ0v) is 12.2. The van der Waals surface area contributed by atoms with E-state index in [1.807, 2.05) is 24.8 Å². The highest BCUT2D eigenvalue weighted by atomic mass is 14.9. The van der Waals surface area contributed by atoms with E-state index in [0.717, 1.165) is 13.0 Å². The van der Waals surface area contributed by atoms with Crippen molar-refractivity contribution in [2.45, 2.75) is 19.4 Å². The summed E-state index contributed by atoms with van der Waals surface area (Å²) < 4.78 is 0. The van der Waals surface area contributed by atoms with Gasteiger partial charge in [0, 0.05) is 30.2 Å². The maximum absolute atomic E-state index is 4.41. The van der Waals surface area contributed by atoms with E-state index in [4.69, 9.17) is 0 Å². The predicted octanol–water partition coefficient (Wildman–Crippen LogP) is 3.72. The van der Waals surface area contributed by atoms with Gasteiger partial charge in [-0.1, -0.05) is 31.2 Å². The molecule has 3 nitrogen and oxygen atoms in total. The van der Waals surface area contributed by atoms with Crippen LogP contribution in [0.3, 0.4) is 0 Å². The van der Waals surface area contributed by atoms with Crippen molar-refractivity contribution in [3.63, 3.8) is 0 Å². The summed E-state index contributed by atoms with van der Waals surface area (Å²) in [6, 6.07) is 12.7. The number of nitrogens with zero attached hydrogens (tertiary/aromatic N) is 2. The van der Waals surface area contributed by atoms with Crippen LogP contribution < -0.4 is 5.32 Å². The SMILES string of the molecule is CCCNC(c1ccncc1)c1cncc2ccccc12. The molecule has 21 heavy (non-hydrogen) atoms. The minimum atomic E-state index is 0.145. The predicted molar refractivity (Wildman–Crippen MR) is 86.1 cm³/mol. The van der Waals surface area contributed by atoms with E-state index in [2.05, 4.69) is 58.6 Å². The molecule has 1 unspecified atom stereocenters. The lowest BCUT2D eigenvalue weighted by atomic mass is 9.96. The van der Waals surface area contributed by atoms with Crippen LogP contribution in [0.2, 0.25) is 0 Å². The lowest BCUT2D eigenvalue weighted by Crippen LogP contribution is -2.23. The Morgan fingerprint density at radius 2 is 1.81 bits per heavy atom. The van der Waals surface area contributed by atoms with Crippen LogP contribution in [0.25, 0.3) is 10.8 Å². The second-order valence-corrected chi connectivity index (χ2v) is 5.12. The van der Waals surface area contributed by atoms with E-state index in [1.165, 1.54) is 21.9 Å². The molecule has 0 amide bonds. The van der Waals surface area contributed by atoms with Gasteiger partial charge in [0.05, 0.1) is 6.04 Å². The molecule has 0 fully saturated rings. The van der Waals surface area contributed by atoms with Crippen LogP contribution >= 0.6 is 0 Å². The molecule has 3 aromatic rings. The van der Waals surface area contributed by atoms with E-state index >= 15 is 0 Å². The van der Waals surface area contributed by atoms with Crippen molar-refractivity contribution >= 4 is 10.8 Å². The summed E-state index contributed by atoms with van der Waals surface area (Å²) in [6.45, 7) is 3.15. The molecule has 3 heteroatoms. The number of nitrogens with one attached hydrogen (secondary N) is 1. The molecule has 0 aliphatic rings. The molecule has 0 saturated heterocycles. The van der Waals surface area contributed by atoms with Crippen LogP contribution in [0.15, 0.2) is 61.2 Å². The van der Waals surface area contributed by atoms with Crippen LogP contribution in [-0.4, -0.2) is 16.5 Å². The second-order valence-electron chi connectivity index (χ2n) is 5.12. The van der Waals surface area contributed by atoms with Crippen molar-refractivity contribution in [3.05, 3.63) is 72.3 Å². The molecule has 1 aromatic carbocycles. The third-order valence-corrected chi connectivity index (χ3v) is 3.65. The highest BCUT2D eigenvalue weighted by molar-refractivity contribution is 5.85. The molecule has 1 N–H and O–H groups in total. The third kappa shape index (κ3) is 2.93. The van der Waals surface area contributed by atoms with Gasteiger partial charge in [-0.2, -0.15) is 0 Å². The number of benzene rings is 1. The van der Waals surface area contributed by atoms with Gasteiger partial charge in [-0.3, -0.25) is 9.97 Å². The van der Waals surface area contributed by atoms with Gasteiger partial charge in [-0.15, -0.1) is 0 Å². The average molecular weight is 277 g/mol. The highest BCUT2D eigenvalue weighted by Crippen LogP contribution is 2.27. The number of fused-ring (bicyclic) bond motifs is 1. The van der Waals surface area contributed by atoms with Gasteiger partial charge >= 0.3 is 0 Å². The van der Waals surface area contributed by atoms with Gasteiger partial charge in [0.15, 0.2) is 0 Å². The second kappa shape index (κ2) is 6.46. The fraction of sp³-hybridized carbons (Fsp3) is 0.222. The molecular formula is C18H19N3. The van der Waals surface area contributed by atoms with Gasteiger partial charge < -0.3 is 5.32 Å². The summed E-state index contributed by atoms with van der Waals surface area (Å²) in [5.74, 6) is 0. The molecule has 1 atom stereocenters. The fourth-order valence-corrected chi connectivity index (χ4v) is 2.62. The first-order chi connectivity index (χ1) is 10.4. The summed E-state index contributed by atoms with van der Waals surface area (Å²) in [6.07, 6.45) is 8.67. The van der Waals surface area contributed by atoms with Gasteiger partial charge in [-0.25, -0.2) is 0 Å². The largest absolute Gasteiger partial charge is 0.306 e. The van der Waals surface area contributed by atoms with Crippen LogP contribution in [0.5, 0.6) is 0 Å². The number of hydrogen-bond donors (Lipinski definition) is 1. The lowest BCUT2D eigenvalue weighted by Gasteiger charge is -2.20. The van der Waals surface area contributed by atoms with E-state index in [0.29, 0.717) is 0 Å². The Balaban J connectivity index is 2.10. The lowest BCUT2D eigenvalue weighted by molar-refractivity contribution is 0.600. The third-order valence-electron chi connectivity index (χ3n) is 3.65. The molecule has 0 bridgehead atoms. The molecule has 0 radical (unpaired) electrons. The first-order valence-corrected chi connectivity index (χ1v) is 7.36. The number of aromatic nitrogens is 2. The molecule has 106 valence electrons. The molecule has 2 heterocycles. The standard InChI is InChI=1S/C18H19N3/c1-2-9-21-18(14-7-10-19-11-8-14)17-13-20-12-15-5-3-4-6-16(15)17/h3-8,10-13,18,21H,2,9H2,1H3. The van der Waals surface area contributed by atoms with Gasteiger partial charge in [0.25, 0.3) is 0 Å². The maximum atomic E-state index is 4.41. The first kappa shape index (κ1) is 13.7. The molecule has 3 rings (SSSR count). The summed E-state index contributed by atoms with van der Waals surface area (Å²) >= 11 is 0. The minimum absolute atomic E-state index is 0.145. The van der Waals surface area contributed by atoms with Gasteiger partial charge in [0.1, 0.15) is 0 Å². The molecule has 0 spiro atoms. The number of rotatable bonds is 5. The Labute approximate surface area is 125 Å². The van der Waals surface area contributed by atoms with Crippen molar-refractivity contribution in [2.75, 3.05) is 6.54 Å². The van der Waals surface area contributed by atoms with Crippen LogP contribution in [0, 0.1) is 0 Å². The minimum Gasteiger partial charge on any atom is -0.306 e. The van der Waals surface area contributed by atoms with Crippen molar-refractivity contribution in [1.82, 2.24) is 15.3 Å². The van der Waals surface area contributed by atoms with Crippen molar-refractivity contribution < 1.29 is 0 Å². The fourth-order valence-electron chi connectivity index (χ4n) is 2.62.